The van der Waals surface area contributed by atoms with Gasteiger partial charge in [0.05, 0.1) is 0 Å². The highest BCUT2D eigenvalue weighted by Gasteiger charge is 2.07. The SMILES string of the molecule is C=CC(CC)Oc1ccc(C=O)cc1O. The predicted octanol–water partition coefficient (Wildman–Crippen LogP) is 2.55. The standard InChI is InChI=1S/C12H14O3/c1-3-10(4-2)15-12-6-5-9(8-13)7-11(12)14/h3,5-8,10,14H,1,4H2,2H3. The molecule has 15 heavy (non-hydrogen) atoms. The maximum absolute atomic E-state index is 10.4. The minimum atomic E-state index is -0.127. The second-order valence-corrected chi connectivity index (χ2v) is 3.15. The molecule has 0 heterocycles. The molecule has 3 heteroatoms. The Kier molecular flexibility index (Phi) is 3.92. The summed E-state index contributed by atoms with van der Waals surface area (Å²) in [6.45, 7) is 5.59. The second-order valence-electron chi connectivity index (χ2n) is 3.15. The summed E-state index contributed by atoms with van der Waals surface area (Å²) in [6.07, 6.45) is 3.00. The maximum atomic E-state index is 10.4. The molecule has 1 atom stereocenters. The van der Waals surface area contributed by atoms with Gasteiger partial charge in [-0.15, -0.1) is 0 Å². The number of hydrogen-bond donors (Lipinski definition) is 1. The van der Waals surface area contributed by atoms with Gasteiger partial charge in [-0.3, -0.25) is 4.79 Å². The summed E-state index contributed by atoms with van der Waals surface area (Å²) in [4.78, 5) is 10.4. The number of phenols is 1. The lowest BCUT2D eigenvalue weighted by Gasteiger charge is -2.14. The van der Waals surface area contributed by atoms with Crippen molar-refractivity contribution in [1.82, 2.24) is 0 Å². The molecule has 1 aromatic rings. The normalized spacial score (nSPS) is 11.8. The van der Waals surface area contributed by atoms with E-state index in [1.165, 1.54) is 6.07 Å². The summed E-state index contributed by atoms with van der Waals surface area (Å²) in [6, 6.07) is 4.54. The Balaban J connectivity index is 2.86. The van der Waals surface area contributed by atoms with Crippen molar-refractivity contribution in [3.05, 3.63) is 36.4 Å². The summed E-state index contributed by atoms with van der Waals surface area (Å²) in [5.41, 5.74) is 0.423. The van der Waals surface area contributed by atoms with Gasteiger partial charge in [0.2, 0.25) is 0 Å². The molecule has 0 aliphatic heterocycles. The molecular weight excluding hydrogens is 192 g/mol. The van der Waals surface area contributed by atoms with Crippen molar-refractivity contribution in [2.24, 2.45) is 0 Å². The largest absolute Gasteiger partial charge is 0.504 e. The zero-order chi connectivity index (χ0) is 11.3. The smallest absolute Gasteiger partial charge is 0.161 e. The number of phenolic OH excluding ortho intramolecular Hbond substituents is 1. The van der Waals surface area contributed by atoms with Crippen LogP contribution in [-0.2, 0) is 0 Å². The fourth-order valence-electron chi connectivity index (χ4n) is 1.17. The average molecular weight is 206 g/mol. The van der Waals surface area contributed by atoms with Crippen molar-refractivity contribution in [3.63, 3.8) is 0 Å². The van der Waals surface area contributed by atoms with Crippen molar-refractivity contribution >= 4 is 6.29 Å². The van der Waals surface area contributed by atoms with Crippen LogP contribution >= 0.6 is 0 Å². The van der Waals surface area contributed by atoms with Crippen molar-refractivity contribution in [3.8, 4) is 11.5 Å². The third kappa shape index (κ3) is 2.84. The number of ether oxygens (including phenoxy) is 1. The van der Waals surface area contributed by atoms with E-state index in [1.54, 1.807) is 18.2 Å². The summed E-state index contributed by atoms with van der Waals surface area (Å²) in [5.74, 6) is 0.340. The van der Waals surface area contributed by atoms with E-state index in [2.05, 4.69) is 6.58 Å². The van der Waals surface area contributed by atoms with Crippen molar-refractivity contribution < 1.29 is 14.6 Å². The van der Waals surface area contributed by atoms with Crippen LogP contribution in [0.2, 0.25) is 0 Å². The first kappa shape index (κ1) is 11.3. The zero-order valence-corrected chi connectivity index (χ0v) is 8.64. The number of aldehydes is 1. The highest BCUT2D eigenvalue weighted by molar-refractivity contribution is 5.76. The third-order valence-corrected chi connectivity index (χ3v) is 2.06. The average Bonchev–Trinajstić information content (AvgIpc) is 2.27. The Hall–Kier alpha value is -1.77. The third-order valence-electron chi connectivity index (χ3n) is 2.06. The molecule has 1 rings (SSSR count). The molecule has 0 saturated carbocycles. The molecule has 0 saturated heterocycles. The van der Waals surface area contributed by atoms with E-state index >= 15 is 0 Å². The van der Waals surface area contributed by atoms with Gasteiger partial charge in [-0.1, -0.05) is 19.6 Å². The van der Waals surface area contributed by atoms with Crippen LogP contribution in [0.4, 0.5) is 0 Å². The fraction of sp³-hybridized carbons (Fsp3) is 0.250. The van der Waals surface area contributed by atoms with E-state index in [4.69, 9.17) is 4.74 Å². The number of carbonyl (C=O) groups is 1. The van der Waals surface area contributed by atoms with Crippen molar-refractivity contribution in [2.45, 2.75) is 19.4 Å². The summed E-state index contributed by atoms with van der Waals surface area (Å²) >= 11 is 0. The monoisotopic (exact) mass is 206 g/mol. The van der Waals surface area contributed by atoms with Gasteiger partial charge in [-0.05, 0) is 24.6 Å². The van der Waals surface area contributed by atoms with Crippen LogP contribution in [0.5, 0.6) is 11.5 Å². The predicted molar refractivity (Wildman–Crippen MR) is 58.4 cm³/mol. The summed E-state index contributed by atoms with van der Waals surface area (Å²) in [7, 11) is 0. The van der Waals surface area contributed by atoms with Gasteiger partial charge < -0.3 is 9.84 Å². The molecule has 0 spiro atoms. The molecule has 0 fully saturated rings. The molecule has 0 aromatic heterocycles. The summed E-state index contributed by atoms with van der Waals surface area (Å²) < 4.78 is 5.46. The van der Waals surface area contributed by atoms with Gasteiger partial charge in [0.15, 0.2) is 11.5 Å². The van der Waals surface area contributed by atoms with E-state index in [9.17, 15) is 9.90 Å². The van der Waals surface area contributed by atoms with E-state index in [0.717, 1.165) is 6.42 Å². The first-order valence-electron chi connectivity index (χ1n) is 4.78. The number of benzene rings is 1. The van der Waals surface area contributed by atoms with Gasteiger partial charge in [0.25, 0.3) is 0 Å². The number of aromatic hydroxyl groups is 1. The molecule has 0 radical (unpaired) electrons. The summed E-state index contributed by atoms with van der Waals surface area (Å²) in [5, 5.41) is 9.54. The lowest BCUT2D eigenvalue weighted by Crippen LogP contribution is -2.11. The highest BCUT2D eigenvalue weighted by Crippen LogP contribution is 2.27. The lowest BCUT2D eigenvalue weighted by atomic mass is 10.2. The van der Waals surface area contributed by atoms with Crippen molar-refractivity contribution in [2.75, 3.05) is 0 Å². The van der Waals surface area contributed by atoms with Gasteiger partial charge in [-0.2, -0.15) is 0 Å². The number of hydrogen-bond acceptors (Lipinski definition) is 3. The van der Waals surface area contributed by atoms with E-state index < -0.39 is 0 Å². The number of carbonyl (C=O) groups excluding carboxylic acids is 1. The Morgan fingerprint density at radius 2 is 2.33 bits per heavy atom. The molecule has 0 aliphatic rings. The van der Waals surface area contributed by atoms with Gasteiger partial charge in [-0.25, -0.2) is 0 Å². The highest BCUT2D eigenvalue weighted by atomic mass is 16.5. The molecule has 1 N–H and O–H groups in total. The van der Waals surface area contributed by atoms with Crippen LogP contribution in [0.15, 0.2) is 30.9 Å². The quantitative estimate of drug-likeness (QED) is 0.595. The maximum Gasteiger partial charge on any atom is 0.161 e. The second kappa shape index (κ2) is 5.20. The molecule has 0 bridgehead atoms. The molecule has 0 amide bonds. The van der Waals surface area contributed by atoms with E-state index in [1.807, 2.05) is 6.92 Å². The van der Waals surface area contributed by atoms with Crippen LogP contribution in [0, 0.1) is 0 Å². The zero-order valence-electron chi connectivity index (χ0n) is 8.64. The molecule has 80 valence electrons. The molecule has 3 nitrogen and oxygen atoms in total. The van der Waals surface area contributed by atoms with Crippen molar-refractivity contribution in [1.29, 1.82) is 0 Å². The van der Waals surface area contributed by atoms with Gasteiger partial charge in [0.1, 0.15) is 12.4 Å². The van der Waals surface area contributed by atoms with Crippen LogP contribution in [0.1, 0.15) is 23.7 Å². The van der Waals surface area contributed by atoms with E-state index in [-0.39, 0.29) is 11.9 Å². The van der Waals surface area contributed by atoms with Crippen LogP contribution < -0.4 is 4.74 Å². The Morgan fingerprint density at radius 3 is 2.80 bits per heavy atom. The fourth-order valence-corrected chi connectivity index (χ4v) is 1.17. The van der Waals surface area contributed by atoms with Crippen LogP contribution in [-0.4, -0.2) is 17.5 Å². The van der Waals surface area contributed by atoms with E-state index in [0.29, 0.717) is 17.6 Å². The topological polar surface area (TPSA) is 46.5 Å². The Labute approximate surface area is 89.0 Å². The van der Waals surface area contributed by atoms with Crippen LogP contribution in [0.25, 0.3) is 0 Å². The lowest BCUT2D eigenvalue weighted by molar-refractivity contribution is 0.112. The van der Waals surface area contributed by atoms with Gasteiger partial charge in [0, 0.05) is 5.56 Å². The molecule has 1 aromatic carbocycles. The van der Waals surface area contributed by atoms with Crippen LogP contribution in [0.3, 0.4) is 0 Å². The Bertz CT molecular complexity index is 358. The Morgan fingerprint density at radius 1 is 1.60 bits per heavy atom. The molecular formula is C12H14O3. The minimum absolute atomic E-state index is 0.0279. The first-order chi connectivity index (χ1) is 7.21. The molecule has 0 aliphatic carbocycles. The van der Waals surface area contributed by atoms with Gasteiger partial charge >= 0.3 is 0 Å². The number of rotatable bonds is 5. The first-order valence-corrected chi connectivity index (χ1v) is 4.78. The minimum Gasteiger partial charge on any atom is -0.504 e. The molecule has 1 unspecified atom stereocenters.